The first-order chi connectivity index (χ1) is 11.9. The van der Waals surface area contributed by atoms with Crippen molar-refractivity contribution in [3.05, 3.63) is 58.9 Å². The molecule has 1 aliphatic rings. The molecule has 0 unspecified atom stereocenters. The van der Waals surface area contributed by atoms with E-state index in [0.29, 0.717) is 23.7 Å². The summed E-state index contributed by atoms with van der Waals surface area (Å²) in [6.45, 7) is 3.07. The van der Waals surface area contributed by atoms with E-state index >= 15 is 0 Å². The van der Waals surface area contributed by atoms with Crippen LogP contribution in [0.1, 0.15) is 16.1 Å². The Morgan fingerprint density at radius 3 is 2.24 bits per heavy atom. The lowest BCUT2D eigenvalue weighted by Gasteiger charge is -2.34. The summed E-state index contributed by atoms with van der Waals surface area (Å²) in [5.74, 6) is -0.129. The Morgan fingerprint density at radius 2 is 1.68 bits per heavy atom. The zero-order valence-electron chi connectivity index (χ0n) is 13.7. The third-order valence-electron chi connectivity index (χ3n) is 4.14. The lowest BCUT2D eigenvalue weighted by molar-refractivity contribution is 0.0697. The number of hydrogen-bond acceptors (Lipinski definition) is 4. The van der Waals surface area contributed by atoms with Crippen molar-refractivity contribution in [1.29, 1.82) is 0 Å². The fraction of sp³-hybridized carbons (Fsp3) is 0.294. The van der Waals surface area contributed by atoms with Crippen LogP contribution >= 0.6 is 11.6 Å². The molecule has 0 aliphatic carbocycles. The number of hydrogen-bond donors (Lipinski definition) is 0. The first-order valence-corrected chi connectivity index (χ1v) is 9.67. The first kappa shape index (κ1) is 17.8. The predicted octanol–water partition coefficient (Wildman–Crippen LogP) is 2.19. The van der Waals surface area contributed by atoms with Gasteiger partial charge in [0.15, 0.2) is 0 Å². The van der Waals surface area contributed by atoms with Gasteiger partial charge in [-0.25, -0.2) is 8.42 Å². The minimum atomic E-state index is -3.57. The van der Waals surface area contributed by atoms with Crippen molar-refractivity contribution < 1.29 is 13.2 Å². The van der Waals surface area contributed by atoms with Gasteiger partial charge in [-0.1, -0.05) is 11.6 Å². The van der Waals surface area contributed by atoms with Crippen molar-refractivity contribution in [2.24, 2.45) is 0 Å². The highest BCUT2D eigenvalue weighted by atomic mass is 35.5. The molecule has 3 rings (SSSR count). The number of sulfonamides is 1. The van der Waals surface area contributed by atoms with Crippen LogP contribution in [-0.4, -0.2) is 54.7 Å². The van der Waals surface area contributed by atoms with E-state index in [2.05, 4.69) is 4.98 Å². The van der Waals surface area contributed by atoms with Crippen molar-refractivity contribution >= 4 is 27.5 Å². The van der Waals surface area contributed by atoms with Gasteiger partial charge in [-0.05, 0) is 43.3 Å². The summed E-state index contributed by atoms with van der Waals surface area (Å²) in [5, 5.41) is 0.487. The van der Waals surface area contributed by atoms with E-state index in [4.69, 9.17) is 11.6 Å². The zero-order chi connectivity index (χ0) is 18.0. The smallest absolute Gasteiger partial charge is 0.255 e. The Labute approximate surface area is 152 Å². The van der Waals surface area contributed by atoms with Crippen molar-refractivity contribution in [1.82, 2.24) is 14.2 Å². The second-order valence-corrected chi connectivity index (χ2v) is 8.21. The number of carbonyl (C=O) groups excluding carboxylic acids is 1. The minimum absolute atomic E-state index is 0.129. The summed E-state index contributed by atoms with van der Waals surface area (Å²) in [7, 11) is -3.57. The SMILES string of the molecule is Cc1ccc(C(=O)N2CCN(S(=O)(=O)c3ccc(Cl)cc3)CC2)cn1. The van der Waals surface area contributed by atoms with Gasteiger partial charge in [0.25, 0.3) is 5.91 Å². The molecule has 0 N–H and O–H groups in total. The van der Waals surface area contributed by atoms with Crippen LogP contribution in [0.2, 0.25) is 5.02 Å². The average Bonchev–Trinajstić information content (AvgIpc) is 2.62. The highest BCUT2D eigenvalue weighted by Gasteiger charge is 2.30. The highest BCUT2D eigenvalue weighted by molar-refractivity contribution is 7.89. The lowest BCUT2D eigenvalue weighted by atomic mass is 10.2. The van der Waals surface area contributed by atoms with Crippen LogP contribution < -0.4 is 0 Å². The fourth-order valence-corrected chi connectivity index (χ4v) is 4.21. The average molecular weight is 380 g/mol. The van der Waals surface area contributed by atoms with Crippen LogP contribution in [0.25, 0.3) is 0 Å². The van der Waals surface area contributed by atoms with E-state index in [9.17, 15) is 13.2 Å². The number of rotatable bonds is 3. The predicted molar refractivity (Wildman–Crippen MR) is 95.1 cm³/mol. The van der Waals surface area contributed by atoms with E-state index in [-0.39, 0.29) is 23.9 Å². The van der Waals surface area contributed by atoms with Crippen molar-refractivity contribution in [2.45, 2.75) is 11.8 Å². The summed E-state index contributed by atoms with van der Waals surface area (Å²) in [6, 6.07) is 9.62. The van der Waals surface area contributed by atoms with E-state index in [1.165, 1.54) is 16.4 Å². The Kier molecular flexibility index (Phi) is 5.08. The molecule has 8 heteroatoms. The number of benzene rings is 1. The number of piperazine rings is 1. The van der Waals surface area contributed by atoms with Gasteiger partial charge in [-0.15, -0.1) is 0 Å². The van der Waals surface area contributed by atoms with Gasteiger partial charge in [0, 0.05) is 43.1 Å². The molecule has 0 spiro atoms. The minimum Gasteiger partial charge on any atom is -0.336 e. The maximum atomic E-state index is 12.7. The third kappa shape index (κ3) is 3.84. The Balaban J connectivity index is 1.68. The Morgan fingerprint density at radius 1 is 1.04 bits per heavy atom. The molecule has 1 aromatic carbocycles. The molecular formula is C17H18ClN3O3S. The molecule has 1 fully saturated rings. The number of carbonyl (C=O) groups is 1. The molecule has 1 saturated heterocycles. The molecule has 6 nitrogen and oxygen atoms in total. The quantitative estimate of drug-likeness (QED) is 0.819. The second-order valence-electron chi connectivity index (χ2n) is 5.84. The van der Waals surface area contributed by atoms with Crippen LogP contribution in [0.4, 0.5) is 0 Å². The molecule has 0 radical (unpaired) electrons. The largest absolute Gasteiger partial charge is 0.336 e. The summed E-state index contributed by atoms with van der Waals surface area (Å²) >= 11 is 5.81. The van der Waals surface area contributed by atoms with Gasteiger partial charge in [-0.3, -0.25) is 9.78 Å². The van der Waals surface area contributed by atoms with Crippen LogP contribution in [0.3, 0.4) is 0 Å². The normalized spacial score (nSPS) is 16.0. The Bertz CT molecular complexity index is 859. The standard InChI is InChI=1S/C17H18ClN3O3S/c1-13-2-3-14(12-19-13)17(22)20-8-10-21(11-9-20)25(23,24)16-6-4-15(18)5-7-16/h2-7,12H,8-11H2,1H3. The number of amides is 1. The van der Waals surface area contributed by atoms with Gasteiger partial charge in [0.05, 0.1) is 10.5 Å². The molecule has 2 heterocycles. The molecule has 1 aliphatic heterocycles. The highest BCUT2D eigenvalue weighted by Crippen LogP contribution is 2.20. The summed E-state index contributed by atoms with van der Waals surface area (Å²) in [4.78, 5) is 18.5. The third-order valence-corrected chi connectivity index (χ3v) is 6.30. The van der Waals surface area contributed by atoms with E-state index in [1.54, 1.807) is 35.4 Å². The van der Waals surface area contributed by atoms with Crippen molar-refractivity contribution in [3.63, 3.8) is 0 Å². The van der Waals surface area contributed by atoms with Gasteiger partial charge in [0.2, 0.25) is 10.0 Å². The molecule has 1 amide bonds. The van der Waals surface area contributed by atoms with Crippen molar-refractivity contribution in [3.8, 4) is 0 Å². The first-order valence-electron chi connectivity index (χ1n) is 7.85. The maximum Gasteiger partial charge on any atom is 0.255 e. The number of pyridine rings is 1. The monoisotopic (exact) mass is 379 g/mol. The topological polar surface area (TPSA) is 70.6 Å². The number of aromatic nitrogens is 1. The van der Waals surface area contributed by atoms with E-state index in [0.717, 1.165) is 5.69 Å². The second kappa shape index (κ2) is 7.11. The molecule has 0 saturated carbocycles. The summed E-state index contributed by atoms with van der Waals surface area (Å²) in [6.07, 6.45) is 1.55. The van der Waals surface area contributed by atoms with Crippen LogP contribution in [0.5, 0.6) is 0 Å². The Hall–Kier alpha value is -1.96. The van der Waals surface area contributed by atoms with Crippen LogP contribution in [-0.2, 0) is 10.0 Å². The number of aryl methyl sites for hydroxylation is 1. The molecule has 0 atom stereocenters. The van der Waals surface area contributed by atoms with Gasteiger partial charge in [0.1, 0.15) is 0 Å². The van der Waals surface area contributed by atoms with Crippen LogP contribution in [0, 0.1) is 6.92 Å². The van der Waals surface area contributed by atoms with Gasteiger partial charge in [-0.2, -0.15) is 4.31 Å². The van der Waals surface area contributed by atoms with Gasteiger partial charge >= 0.3 is 0 Å². The van der Waals surface area contributed by atoms with Gasteiger partial charge < -0.3 is 4.90 Å². The molecule has 1 aromatic heterocycles. The number of nitrogens with zero attached hydrogens (tertiary/aromatic N) is 3. The molecule has 25 heavy (non-hydrogen) atoms. The maximum absolute atomic E-state index is 12.7. The van der Waals surface area contributed by atoms with Crippen LogP contribution in [0.15, 0.2) is 47.5 Å². The zero-order valence-corrected chi connectivity index (χ0v) is 15.3. The number of halogens is 1. The summed E-state index contributed by atoms with van der Waals surface area (Å²) in [5.41, 5.74) is 1.36. The van der Waals surface area contributed by atoms with E-state index < -0.39 is 10.0 Å². The van der Waals surface area contributed by atoms with Crippen molar-refractivity contribution in [2.75, 3.05) is 26.2 Å². The summed E-state index contributed by atoms with van der Waals surface area (Å²) < 4.78 is 26.7. The van der Waals surface area contributed by atoms with E-state index in [1.807, 2.05) is 6.92 Å². The molecule has 0 bridgehead atoms. The molecular weight excluding hydrogens is 362 g/mol. The fourth-order valence-electron chi connectivity index (χ4n) is 2.66. The molecule has 2 aromatic rings. The lowest BCUT2D eigenvalue weighted by Crippen LogP contribution is -2.50. The molecule has 132 valence electrons.